The zero-order valence-electron chi connectivity index (χ0n) is 13.6. The van der Waals surface area contributed by atoms with E-state index in [2.05, 4.69) is 20.8 Å². The van der Waals surface area contributed by atoms with Crippen LogP contribution in [0.3, 0.4) is 0 Å². The van der Waals surface area contributed by atoms with Gasteiger partial charge in [0.25, 0.3) is 0 Å². The number of carboxylic acids is 1. The van der Waals surface area contributed by atoms with Crippen LogP contribution in [-0.2, 0) is 15.0 Å². The smallest absolute Gasteiger partial charge is 0.394 e. The van der Waals surface area contributed by atoms with Gasteiger partial charge in [-0.05, 0) is 23.6 Å². The van der Waals surface area contributed by atoms with Crippen LogP contribution in [0.4, 0.5) is 0 Å². The molecule has 0 aliphatic carbocycles. The lowest BCUT2D eigenvalue weighted by molar-refractivity contribution is -0.156. The van der Waals surface area contributed by atoms with Gasteiger partial charge in [-0.1, -0.05) is 32.4 Å². The second kappa shape index (κ2) is 6.79. The Balaban J connectivity index is 2.05. The van der Waals surface area contributed by atoms with E-state index in [1.807, 2.05) is 12.1 Å². The molecule has 1 fully saturated rings. The summed E-state index contributed by atoms with van der Waals surface area (Å²) >= 11 is 6.09. The lowest BCUT2D eigenvalue weighted by Gasteiger charge is -2.32. The largest absolute Gasteiger partial charge is 0.490 e. The van der Waals surface area contributed by atoms with Crippen LogP contribution in [0.25, 0.3) is 0 Å². The molecular formula is C17H22ClNO4. The number of hydrogen-bond donors (Lipinski definition) is 1. The van der Waals surface area contributed by atoms with E-state index >= 15 is 0 Å². The average Bonchev–Trinajstić information content (AvgIpc) is 2.48. The maximum absolute atomic E-state index is 11.5. The van der Waals surface area contributed by atoms with Gasteiger partial charge >= 0.3 is 11.9 Å². The summed E-state index contributed by atoms with van der Waals surface area (Å²) in [5.74, 6) is -1.45. The second-order valence-electron chi connectivity index (χ2n) is 6.81. The van der Waals surface area contributed by atoms with E-state index in [1.54, 1.807) is 6.07 Å². The first-order valence-corrected chi connectivity index (χ1v) is 8.05. The lowest BCUT2D eigenvalue weighted by atomic mass is 9.86. The predicted octanol–water partition coefficient (Wildman–Crippen LogP) is 3.09. The SMILES string of the molecule is CC(C)(C)c1cc(Cl)ccc1OC1CCN(C(=O)C(=O)O)CC1. The van der Waals surface area contributed by atoms with Crippen molar-refractivity contribution in [2.75, 3.05) is 13.1 Å². The molecule has 6 heteroatoms. The monoisotopic (exact) mass is 339 g/mol. The van der Waals surface area contributed by atoms with E-state index in [0.29, 0.717) is 31.0 Å². The van der Waals surface area contributed by atoms with E-state index in [0.717, 1.165) is 11.3 Å². The number of halogens is 1. The number of hydrogen-bond acceptors (Lipinski definition) is 3. The fourth-order valence-corrected chi connectivity index (χ4v) is 2.85. The van der Waals surface area contributed by atoms with E-state index in [1.165, 1.54) is 4.90 Å². The number of ether oxygens (including phenoxy) is 1. The van der Waals surface area contributed by atoms with E-state index in [4.69, 9.17) is 21.4 Å². The molecule has 1 saturated heterocycles. The minimum atomic E-state index is -1.41. The first-order valence-electron chi connectivity index (χ1n) is 7.67. The molecule has 23 heavy (non-hydrogen) atoms. The molecule has 1 aromatic rings. The molecule has 0 aromatic heterocycles. The molecule has 0 radical (unpaired) electrons. The Hall–Kier alpha value is -1.75. The van der Waals surface area contributed by atoms with Gasteiger partial charge in [-0.2, -0.15) is 0 Å². The van der Waals surface area contributed by atoms with Crippen LogP contribution in [0.2, 0.25) is 5.02 Å². The maximum atomic E-state index is 11.5. The molecule has 1 aliphatic heterocycles. The van der Waals surface area contributed by atoms with Crippen molar-refractivity contribution >= 4 is 23.5 Å². The highest BCUT2D eigenvalue weighted by Gasteiger charge is 2.28. The van der Waals surface area contributed by atoms with Gasteiger partial charge in [0.15, 0.2) is 0 Å². The Morgan fingerprint density at radius 3 is 2.39 bits per heavy atom. The van der Waals surface area contributed by atoms with Crippen LogP contribution in [0.15, 0.2) is 18.2 Å². The molecule has 2 rings (SSSR count). The van der Waals surface area contributed by atoms with Crippen molar-refractivity contribution in [1.82, 2.24) is 4.90 Å². The van der Waals surface area contributed by atoms with Crippen molar-refractivity contribution in [3.63, 3.8) is 0 Å². The molecule has 1 N–H and O–H groups in total. The molecule has 0 atom stereocenters. The van der Waals surface area contributed by atoms with Gasteiger partial charge in [0, 0.05) is 36.5 Å². The molecule has 0 bridgehead atoms. The van der Waals surface area contributed by atoms with Crippen LogP contribution < -0.4 is 4.74 Å². The Labute approximate surface area is 141 Å². The van der Waals surface area contributed by atoms with E-state index < -0.39 is 11.9 Å². The average molecular weight is 340 g/mol. The number of amides is 1. The van der Waals surface area contributed by atoms with Crippen LogP contribution in [0.1, 0.15) is 39.2 Å². The van der Waals surface area contributed by atoms with Gasteiger partial charge in [0.05, 0.1) is 0 Å². The molecule has 1 amide bonds. The van der Waals surface area contributed by atoms with Gasteiger partial charge in [-0.25, -0.2) is 4.79 Å². The number of carboxylic acid groups (broad SMARTS) is 1. The second-order valence-corrected chi connectivity index (χ2v) is 7.24. The minimum absolute atomic E-state index is 0.0323. The number of nitrogens with zero attached hydrogens (tertiary/aromatic N) is 1. The third-order valence-electron chi connectivity index (χ3n) is 3.96. The summed E-state index contributed by atoms with van der Waals surface area (Å²) in [6, 6.07) is 5.59. The number of carbonyl (C=O) groups is 2. The number of aliphatic carboxylic acids is 1. The molecule has 0 unspecified atom stereocenters. The molecule has 126 valence electrons. The van der Waals surface area contributed by atoms with Gasteiger partial charge < -0.3 is 14.7 Å². The summed E-state index contributed by atoms with van der Waals surface area (Å²) in [6.07, 6.45) is 1.20. The quantitative estimate of drug-likeness (QED) is 0.841. The Morgan fingerprint density at radius 2 is 1.87 bits per heavy atom. The van der Waals surface area contributed by atoms with Crippen LogP contribution >= 0.6 is 11.6 Å². The Kier molecular flexibility index (Phi) is 5.19. The highest BCUT2D eigenvalue weighted by Crippen LogP contribution is 2.34. The zero-order valence-corrected chi connectivity index (χ0v) is 14.4. The summed E-state index contributed by atoms with van der Waals surface area (Å²) < 4.78 is 6.11. The number of carbonyl (C=O) groups excluding carboxylic acids is 1. The summed E-state index contributed by atoms with van der Waals surface area (Å²) in [6.45, 7) is 7.08. The third-order valence-corrected chi connectivity index (χ3v) is 4.19. The van der Waals surface area contributed by atoms with Crippen LogP contribution in [0, 0.1) is 0 Å². The molecule has 1 aliphatic rings. The fraction of sp³-hybridized carbons (Fsp3) is 0.529. The Bertz CT molecular complexity index is 601. The predicted molar refractivity (Wildman–Crippen MR) is 88.0 cm³/mol. The van der Waals surface area contributed by atoms with Crippen molar-refractivity contribution < 1.29 is 19.4 Å². The van der Waals surface area contributed by atoms with Crippen molar-refractivity contribution in [2.24, 2.45) is 0 Å². The molecular weight excluding hydrogens is 318 g/mol. The summed E-state index contributed by atoms with van der Waals surface area (Å²) in [5.41, 5.74) is 0.939. The molecule has 0 spiro atoms. The highest BCUT2D eigenvalue weighted by molar-refractivity contribution is 6.31. The van der Waals surface area contributed by atoms with Gasteiger partial charge in [0.2, 0.25) is 0 Å². The highest BCUT2D eigenvalue weighted by atomic mass is 35.5. The first kappa shape index (κ1) is 17.6. The molecule has 1 aromatic carbocycles. The van der Waals surface area contributed by atoms with Gasteiger partial charge in [-0.3, -0.25) is 4.79 Å². The standard InChI is InChI=1S/C17H22ClNO4/c1-17(2,3)13-10-11(18)4-5-14(13)23-12-6-8-19(9-7-12)15(20)16(21)22/h4-5,10,12H,6-9H2,1-3H3,(H,21,22). The van der Waals surface area contributed by atoms with Crippen molar-refractivity contribution in [2.45, 2.75) is 45.1 Å². The lowest BCUT2D eigenvalue weighted by Crippen LogP contribution is -2.44. The third kappa shape index (κ3) is 4.38. The van der Waals surface area contributed by atoms with Gasteiger partial charge in [-0.15, -0.1) is 0 Å². The van der Waals surface area contributed by atoms with Crippen molar-refractivity contribution in [3.05, 3.63) is 28.8 Å². The van der Waals surface area contributed by atoms with E-state index in [9.17, 15) is 9.59 Å². The minimum Gasteiger partial charge on any atom is -0.490 e. The number of piperidine rings is 1. The van der Waals surface area contributed by atoms with E-state index in [-0.39, 0.29) is 11.5 Å². The normalized spacial score (nSPS) is 16.3. The zero-order chi connectivity index (χ0) is 17.2. The van der Waals surface area contributed by atoms with Crippen molar-refractivity contribution in [1.29, 1.82) is 0 Å². The first-order chi connectivity index (χ1) is 10.7. The Morgan fingerprint density at radius 1 is 1.26 bits per heavy atom. The molecule has 5 nitrogen and oxygen atoms in total. The summed E-state index contributed by atoms with van der Waals surface area (Å²) in [5, 5.41) is 9.42. The van der Waals surface area contributed by atoms with Crippen LogP contribution in [-0.4, -0.2) is 41.1 Å². The molecule has 1 heterocycles. The summed E-state index contributed by atoms with van der Waals surface area (Å²) in [7, 11) is 0. The number of benzene rings is 1. The number of rotatable bonds is 2. The summed E-state index contributed by atoms with van der Waals surface area (Å²) in [4.78, 5) is 23.5. The maximum Gasteiger partial charge on any atom is 0.394 e. The number of likely N-dealkylation sites (tertiary alicyclic amines) is 1. The molecule has 0 saturated carbocycles. The van der Waals surface area contributed by atoms with Gasteiger partial charge in [0.1, 0.15) is 11.9 Å². The van der Waals surface area contributed by atoms with Crippen LogP contribution in [0.5, 0.6) is 5.75 Å². The fourth-order valence-electron chi connectivity index (χ4n) is 2.68. The van der Waals surface area contributed by atoms with Crippen molar-refractivity contribution in [3.8, 4) is 5.75 Å². The topological polar surface area (TPSA) is 66.8 Å².